The Morgan fingerprint density at radius 2 is 2.14 bits per heavy atom. The van der Waals surface area contributed by atoms with Crippen LogP contribution in [-0.4, -0.2) is 38.5 Å². The summed E-state index contributed by atoms with van der Waals surface area (Å²) in [7, 11) is 2.05. The first-order chi connectivity index (χ1) is 10.2. The molecule has 114 valence electrons. The van der Waals surface area contributed by atoms with E-state index in [4.69, 9.17) is 0 Å². The third kappa shape index (κ3) is 4.77. The van der Waals surface area contributed by atoms with Crippen LogP contribution in [0.25, 0.3) is 0 Å². The van der Waals surface area contributed by atoms with Crippen LogP contribution < -0.4 is 15.5 Å². The Morgan fingerprint density at radius 3 is 2.81 bits per heavy atom. The summed E-state index contributed by atoms with van der Waals surface area (Å²) in [6.07, 6.45) is 2.01. The Bertz CT molecular complexity index is 466. The van der Waals surface area contributed by atoms with E-state index in [1.807, 2.05) is 25.2 Å². The number of hydrogen-bond acceptors (Lipinski definition) is 3. The van der Waals surface area contributed by atoms with Gasteiger partial charge in [-0.15, -0.1) is 0 Å². The predicted molar refractivity (Wildman–Crippen MR) is 83.1 cm³/mol. The van der Waals surface area contributed by atoms with Gasteiger partial charge in [0.05, 0.1) is 5.92 Å². The molecule has 1 heterocycles. The van der Waals surface area contributed by atoms with Gasteiger partial charge in [-0.3, -0.25) is 9.59 Å². The van der Waals surface area contributed by atoms with Gasteiger partial charge in [0.1, 0.15) is 0 Å². The van der Waals surface area contributed by atoms with E-state index >= 15 is 0 Å². The van der Waals surface area contributed by atoms with Gasteiger partial charge in [-0.1, -0.05) is 18.2 Å². The SMILES string of the molecule is CN(CCCNC(=O)C1CCC(=O)NC1)c1ccccc1. The molecular formula is C16H23N3O2. The highest BCUT2D eigenvalue weighted by molar-refractivity contribution is 5.83. The Labute approximate surface area is 125 Å². The fourth-order valence-electron chi connectivity index (χ4n) is 2.44. The first kappa shape index (κ1) is 15.4. The van der Waals surface area contributed by atoms with E-state index in [0.29, 0.717) is 25.9 Å². The molecular weight excluding hydrogens is 266 g/mol. The van der Waals surface area contributed by atoms with Crippen molar-refractivity contribution in [3.63, 3.8) is 0 Å². The Morgan fingerprint density at radius 1 is 1.38 bits per heavy atom. The highest BCUT2D eigenvalue weighted by Gasteiger charge is 2.23. The molecule has 0 spiro atoms. The summed E-state index contributed by atoms with van der Waals surface area (Å²) in [5.41, 5.74) is 1.18. The number of nitrogens with zero attached hydrogens (tertiary/aromatic N) is 1. The molecule has 5 nitrogen and oxygen atoms in total. The Balaban J connectivity index is 1.63. The van der Waals surface area contributed by atoms with Crippen LogP contribution in [0.2, 0.25) is 0 Å². The highest BCUT2D eigenvalue weighted by Crippen LogP contribution is 2.12. The lowest BCUT2D eigenvalue weighted by Crippen LogP contribution is -2.43. The van der Waals surface area contributed by atoms with Gasteiger partial charge in [-0.25, -0.2) is 0 Å². The van der Waals surface area contributed by atoms with Crippen molar-refractivity contribution in [2.75, 3.05) is 31.6 Å². The monoisotopic (exact) mass is 289 g/mol. The molecule has 2 amide bonds. The van der Waals surface area contributed by atoms with Crippen LogP contribution in [0.15, 0.2) is 30.3 Å². The molecule has 1 aromatic carbocycles. The van der Waals surface area contributed by atoms with Gasteiger partial charge in [-0.05, 0) is 25.0 Å². The van der Waals surface area contributed by atoms with E-state index in [1.54, 1.807) is 0 Å². The lowest BCUT2D eigenvalue weighted by Gasteiger charge is -2.22. The van der Waals surface area contributed by atoms with Crippen LogP contribution in [-0.2, 0) is 9.59 Å². The number of carbonyl (C=O) groups is 2. The van der Waals surface area contributed by atoms with Crippen molar-refractivity contribution < 1.29 is 9.59 Å². The van der Waals surface area contributed by atoms with Crippen molar-refractivity contribution >= 4 is 17.5 Å². The second kappa shape index (κ2) is 7.67. The Kier molecular flexibility index (Phi) is 5.60. The van der Waals surface area contributed by atoms with Crippen molar-refractivity contribution in [2.45, 2.75) is 19.3 Å². The third-order valence-corrected chi connectivity index (χ3v) is 3.80. The van der Waals surface area contributed by atoms with E-state index in [1.165, 1.54) is 5.69 Å². The van der Waals surface area contributed by atoms with E-state index in [9.17, 15) is 9.59 Å². The van der Waals surface area contributed by atoms with Gasteiger partial charge < -0.3 is 15.5 Å². The lowest BCUT2D eigenvalue weighted by molar-refractivity contribution is -0.128. The summed E-state index contributed by atoms with van der Waals surface area (Å²) in [5.74, 6) is 0.0236. The second-order valence-corrected chi connectivity index (χ2v) is 5.44. The lowest BCUT2D eigenvalue weighted by atomic mass is 9.98. The molecule has 1 atom stereocenters. The van der Waals surface area contributed by atoms with Gasteiger partial charge >= 0.3 is 0 Å². The summed E-state index contributed by atoms with van der Waals surface area (Å²) in [6, 6.07) is 10.2. The summed E-state index contributed by atoms with van der Waals surface area (Å²) in [4.78, 5) is 25.2. The summed E-state index contributed by atoms with van der Waals surface area (Å²) in [5, 5.41) is 5.69. The molecule has 0 radical (unpaired) electrons. The molecule has 1 aliphatic heterocycles. The Hall–Kier alpha value is -2.04. The van der Waals surface area contributed by atoms with Crippen LogP contribution in [0.4, 0.5) is 5.69 Å². The van der Waals surface area contributed by atoms with Crippen molar-refractivity contribution in [1.82, 2.24) is 10.6 Å². The molecule has 2 N–H and O–H groups in total. The first-order valence-corrected chi connectivity index (χ1v) is 7.47. The molecule has 0 bridgehead atoms. The maximum atomic E-state index is 11.9. The quantitative estimate of drug-likeness (QED) is 0.772. The van der Waals surface area contributed by atoms with Crippen LogP contribution in [0.3, 0.4) is 0 Å². The molecule has 1 saturated heterocycles. The van der Waals surface area contributed by atoms with Crippen LogP contribution in [0.1, 0.15) is 19.3 Å². The predicted octanol–water partition coefficient (Wildman–Crippen LogP) is 1.16. The first-order valence-electron chi connectivity index (χ1n) is 7.47. The van der Waals surface area contributed by atoms with Crippen molar-refractivity contribution in [3.05, 3.63) is 30.3 Å². The summed E-state index contributed by atoms with van der Waals surface area (Å²) in [6.45, 7) is 2.03. The van der Waals surface area contributed by atoms with Crippen molar-refractivity contribution in [2.24, 2.45) is 5.92 Å². The minimum Gasteiger partial charge on any atom is -0.375 e. The van der Waals surface area contributed by atoms with E-state index < -0.39 is 0 Å². The van der Waals surface area contributed by atoms with E-state index in [2.05, 4.69) is 27.7 Å². The van der Waals surface area contributed by atoms with Crippen molar-refractivity contribution in [3.8, 4) is 0 Å². The fourth-order valence-corrected chi connectivity index (χ4v) is 2.44. The topological polar surface area (TPSA) is 61.4 Å². The van der Waals surface area contributed by atoms with Gasteiger partial charge in [0.2, 0.25) is 11.8 Å². The van der Waals surface area contributed by atoms with Gasteiger partial charge in [0.25, 0.3) is 0 Å². The zero-order chi connectivity index (χ0) is 15.1. The highest BCUT2D eigenvalue weighted by atomic mass is 16.2. The number of carbonyl (C=O) groups excluding carboxylic acids is 2. The van der Waals surface area contributed by atoms with E-state index in [0.717, 1.165) is 13.0 Å². The number of anilines is 1. The molecule has 0 aromatic heterocycles. The van der Waals surface area contributed by atoms with Crippen LogP contribution >= 0.6 is 0 Å². The summed E-state index contributed by atoms with van der Waals surface area (Å²) < 4.78 is 0. The van der Waals surface area contributed by atoms with E-state index in [-0.39, 0.29) is 17.7 Å². The smallest absolute Gasteiger partial charge is 0.224 e. The van der Waals surface area contributed by atoms with Gasteiger partial charge in [-0.2, -0.15) is 0 Å². The van der Waals surface area contributed by atoms with Crippen molar-refractivity contribution in [1.29, 1.82) is 0 Å². The number of para-hydroxylation sites is 1. The molecule has 0 saturated carbocycles. The maximum absolute atomic E-state index is 11.9. The van der Waals surface area contributed by atoms with Crippen LogP contribution in [0, 0.1) is 5.92 Å². The maximum Gasteiger partial charge on any atom is 0.224 e. The fraction of sp³-hybridized carbons (Fsp3) is 0.500. The molecule has 5 heteroatoms. The second-order valence-electron chi connectivity index (χ2n) is 5.44. The number of nitrogens with one attached hydrogen (secondary N) is 2. The molecule has 1 unspecified atom stereocenters. The molecule has 1 fully saturated rings. The zero-order valence-electron chi connectivity index (χ0n) is 12.5. The minimum absolute atomic E-state index is 0.0449. The average molecular weight is 289 g/mol. The number of piperidine rings is 1. The largest absolute Gasteiger partial charge is 0.375 e. The van der Waals surface area contributed by atoms with Gasteiger partial charge in [0, 0.05) is 38.8 Å². The molecule has 1 aromatic rings. The minimum atomic E-state index is -0.0745. The normalized spacial score (nSPS) is 18.0. The summed E-state index contributed by atoms with van der Waals surface area (Å²) >= 11 is 0. The van der Waals surface area contributed by atoms with Gasteiger partial charge in [0.15, 0.2) is 0 Å². The standard InChI is InChI=1S/C16H23N3O2/c1-19(14-6-3-2-4-7-14)11-5-10-17-16(21)13-8-9-15(20)18-12-13/h2-4,6-7,13H,5,8-12H2,1H3,(H,17,21)(H,18,20). The average Bonchev–Trinajstić information content (AvgIpc) is 2.52. The third-order valence-electron chi connectivity index (χ3n) is 3.80. The number of hydrogen-bond donors (Lipinski definition) is 2. The van der Waals surface area contributed by atoms with Crippen LogP contribution in [0.5, 0.6) is 0 Å². The number of benzene rings is 1. The molecule has 1 aliphatic rings. The number of amides is 2. The zero-order valence-corrected chi connectivity index (χ0v) is 12.5. The number of rotatable bonds is 6. The molecule has 2 rings (SSSR count). The molecule has 21 heavy (non-hydrogen) atoms. The molecule has 0 aliphatic carbocycles.